The maximum atomic E-state index is 11.3. The summed E-state index contributed by atoms with van der Waals surface area (Å²) in [6.45, 7) is 5.01. The van der Waals surface area contributed by atoms with Crippen LogP contribution in [0.5, 0.6) is 0 Å². The molecule has 2 N–H and O–H groups in total. The summed E-state index contributed by atoms with van der Waals surface area (Å²) in [4.78, 5) is 11.3. The van der Waals surface area contributed by atoms with Crippen LogP contribution < -0.4 is 10.6 Å². The van der Waals surface area contributed by atoms with Crippen LogP contribution in [0.15, 0.2) is 22.8 Å². The van der Waals surface area contributed by atoms with Crippen molar-refractivity contribution in [1.29, 1.82) is 0 Å². The minimum absolute atomic E-state index is 0.0234. The van der Waals surface area contributed by atoms with Crippen LogP contribution in [-0.2, 0) is 11.2 Å². The van der Waals surface area contributed by atoms with Crippen LogP contribution in [0.1, 0.15) is 19.6 Å². The highest BCUT2D eigenvalue weighted by atomic mass is 16.3. The van der Waals surface area contributed by atoms with Gasteiger partial charge in [0.25, 0.3) is 0 Å². The third-order valence-electron chi connectivity index (χ3n) is 1.94. The molecule has 0 saturated heterocycles. The molecule has 0 aromatic carbocycles. The van der Waals surface area contributed by atoms with Crippen LogP contribution in [0, 0.1) is 0 Å². The molecule has 0 unspecified atom stereocenters. The van der Waals surface area contributed by atoms with E-state index in [0.29, 0.717) is 19.1 Å². The minimum atomic E-state index is 0.0234. The van der Waals surface area contributed by atoms with Gasteiger partial charge in [-0.05, 0) is 12.1 Å². The largest absolute Gasteiger partial charge is 0.469 e. The lowest BCUT2D eigenvalue weighted by atomic mass is 10.3. The fraction of sp³-hybridized carbons (Fsp3) is 0.545. The Bertz CT molecular complexity index is 281. The number of furan rings is 1. The molecule has 1 heterocycles. The van der Waals surface area contributed by atoms with Crippen molar-refractivity contribution < 1.29 is 9.21 Å². The highest BCUT2D eigenvalue weighted by molar-refractivity contribution is 5.77. The molecule has 0 saturated carbocycles. The summed E-state index contributed by atoms with van der Waals surface area (Å²) in [5, 5.41) is 5.87. The quantitative estimate of drug-likeness (QED) is 0.734. The predicted octanol–water partition coefficient (Wildman–Crippen LogP) is 0.936. The summed E-state index contributed by atoms with van der Waals surface area (Å²) in [7, 11) is 0. The Labute approximate surface area is 90.0 Å². The van der Waals surface area contributed by atoms with Gasteiger partial charge in [0.05, 0.1) is 12.8 Å². The van der Waals surface area contributed by atoms with Crippen molar-refractivity contribution in [2.24, 2.45) is 0 Å². The van der Waals surface area contributed by atoms with Crippen LogP contribution in [0.25, 0.3) is 0 Å². The second kappa shape index (κ2) is 6.24. The number of amides is 1. The lowest BCUT2D eigenvalue weighted by Gasteiger charge is -2.08. The fourth-order valence-electron chi connectivity index (χ4n) is 1.14. The van der Waals surface area contributed by atoms with E-state index in [-0.39, 0.29) is 5.91 Å². The van der Waals surface area contributed by atoms with Crippen molar-refractivity contribution in [3.63, 3.8) is 0 Å². The highest BCUT2D eigenvalue weighted by Gasteiger charge is 2.02. The Morgan fingerprint density at radius 2 is 2.33 bits per heavy atom. The van der Waals surface area contributed by atoms with Crippen LogP contribution in [-0.4, -0.2) is 25.0 Å². The highest BCUT2D eigenvalue weighted by Crippen LogP contribution is 1.99. The summed E-state index contributed by atoms with van der Waals surface area (Å²) >= 11 is 0. The van der Waals surface area contributed by atoms with Gasteiger partial charge in [-0.2, -0.15) is 0 Å². The van der Waals surface area contributed by atoms with E-state index in [1.165, 1.54) is 0 Å². The first kappa shape index (κ1) is 11.8. The van der Waals surface area contributed by atoms with E-state index in [9.17, 15) is 4.79 Å². The van der Waals surface area contributed by atoms with Gasteiger partial charge in [0.2, 0.25) is 5.91 Å². The third-order valence-corrected chi connectivity index (χ3v) is 1.94. The van der Waals surface area contributed by atoms with Gasteiger partial charge in [0.15, 0.2) is 0 Å². The second-order valence-corrected chi connectivity index (χ2v) is 3.71. The molecule has 0 bridgehead atoms. The summed E-state index contributed by atoms with van der Waals surface area (Å²) in [5.74, 6) is 0.919. The molecule has 0 spiro atoms. The molecule has 1 aromatic heterocycles. The van der Waals surface area contributed by atoms with E-state index >= 15 is 0 Å². The molecule has 15 heavy (non-hydrogen) atoms. The van der Waals surface area contributed by atoms with Crippen molar-refractivity contribution in [3.8, 4) is 0 Å². The van der Waals surface area contributed by atoms with Crippen LogP contribution in [0.4, 0.5) is 0 Å². The molecule has 4 heteroatoms. The molecular formula is C11H18N2O2. The number of rotatable bonds is 6. The Morgan fingerprint density at radius 1 is 1.53 bits per heavy atom. The molecule has 0 aliphatic rings. The van der Waals surface area contributed by atoms with Gasteiger partial charge in [-0.25, -0.2) is 0 Å². The third kappa shape index (κ3) is 5.22. The fourth-order valence-corrected chi connectivity index (χ4v) is 1.14. The molecule has 1 rings (SSSR count). The molecule has 0 radical (unpaired) electrons. The molecule has 0 fully saturated rings. The molecule has 4 nitrogen and oxygen atoms in total. The van der Waals surface area contributed by atoms with Crippen molar-refractivity contribution in [3.05, 3.63) is 24.2 Å². The average Bonchev–Trinajstić information content (AvgIpc) is 2.67. The molecule has 0 aliphatic heterocycles. The number of nitrogens with one attached hydrogen (secondary N) is 2. The van der Waals surface area contributed by atoms with Gasteiger partial charge >= 0.3 is 0 Å². The van der Waals surface area contributed by atoms with Gasteiger partial charge in [-0.1, -0.05) is 13.8 Å². The molecular weight excluding hydrogens is 192 g/mol. The van der Waals surface area contributed by atoms with Crippen molar-refractivity contribution in [2.45, 2.75) is 26.3 Å². The van der Waals surface area contributed by atoms with E-state index < -0.39 is 0 Å². The standard InChI is InChI=1S/C11H18N2O2/c1-9(2)13-8-11(14)12-6-5-10-4-3-7-15-10/h3-4,7,9,13H,5-6,8H2,1-2H3,(H,12,14). The van der Waals surface area contributed by atoms with Crippen molar-refractivity contribution in [1.82, 2.24) is 10.6 Å². The summed E-state index contributed by atoms with van der Waals surface area (Å²) in [5.41, 5.74) is 0. The Morgan fingerprint density at radius 3 is 2.93 bits per heavy atom. The summed E-state index contributed by atoms with van der Waals surface area (Å²) in [6, 6.07) is 4.08. The van der Waals surface area contributed by atoms with Gasteiger partial charge in [0.1, 0.15) is 5.76 Å². The lowest BCUT2D eigenvalue weighted by molar-refractivity contribution is -0.120. The molecule has 1 amide bonds. The van der Waals surface area contributed by atoms with Crippen molar-refractivity contribution >= 4 is 5.91 Å². The maximum absolute atomic E-state index is 11.3. The van der Waals surface area contributed by atoms with Crippen molar-refractivity contribution in [2.75, 3.05) is 13.1 Å². The van der Waals surface area contributed by atoms with E-state index in [2.05, 4.69) is 10.6 Å². The molecule has 84 valence electrons. The second-order valence-electron chi connectivity index (χ2n) is 3.71. The molecule has 0 atom stereocenters. The Hall–Kier alpha value is -1.29. The van der Waals surface area contributed by atoms with Crippen LogP contribution in [0.2, 0.25) is 0 Å². The summed E-state index contributed by atoms with van der Waals surface area (Å²) in [6.07, 6.45) is 2.37. The number of hydrogen-bond acceptors (Lipinski definition) is 3. The van der Waals surface area contributed by atoms with E-state index in [1.807, 2.05) is 26.0 Å². The first-order valence-electron chi connectivity index (χ1n) is 5.21. The smallest absolute Gasteiger partial charge is 0.233 e. The number of carbonyl (C=O) groups excluding carboxylic acids is 1. The topological polar surface area (TPSA) is 54.3 Å². The van der Waals surface area contributed by atoms with E-state index in [0.717, 1.165) is 12.2 Å². The predicted molar refractivity (Wildman–Crippen MR) is 58.6 cm³/mol. The van der Waals surface area contributed by atoms with E-state index in [4.69, 9.17) is 4.42 Å². The van der Waals surface area contributed by atoms with Crippen LogP contribution >= 0.6 is 0 Å². The molecule has 1 aromatic rings. The first-order valence-corrected chi connectivity index (χ1v) is 5.21. The average molecular weight is 210 g/mol. The van der Waals surface area contributed by atoms with E-state index in [1.54, 1.807) is 6.26 Å². The zero-order valence-electron chi connectivity index (χ0n) is 9.25. The lowest BCUT2D eigenvalue weighted by Crippen LogP contribution is -2.37. The van der Waals surface area contributed by atoms with Gasteiger partial charge in [0, 0.05) is 19.0 Å². The van der Waals surface area contributed by atoms with Gasteiger partial charge < -0.3 is 15.1 Å². The monoisotopic (exact) mass is 210 g/mol. The minimum Gasteiger partial charge on any atom is -0.469 e. The maximum Gasteiger partial charge on any atom is 0.233 e. The SMILES string of the molecule is CC(C)NCC(=O)NCCc1ccco1. The zero-order chi connectivity index (χ0) is 11.1. The first-order chi connectivity index (χ1) is 7.18. The molecule has 0 aliphatic carbocycles. The van der Waals surface area contributed by atoms with Gasteiger partial charge in [-0.3, -0.25) is 4.79 Å². The zero-order valence-corrected chi connectivity index (χ0v) is 9.25. The number of hydrogen-bond donors (Lipinski definition) is 2. The Balaban J connectivity index is 2.07. The Kier molecular flexibility index (Phi) is 4.90. The van der Waals surface area contributed by atoms with Gasteiger partial charge in [-0.15, -0.1) is 0 Å². The summed E-state index contributed by atoms with van der Waals surface area (Å²) < 4.78 is 5.15. The normalized spacial score (nSPS) is 10.6. The number of carbonyl (C=O) groups is 1. The van der Waals surface area contributed by atoms with Crippen LogP contribution in [0.3, 0.4) is 0 Å².